The molecule has 2 rings (SSSR count). The van der Waals surface area contributed by atoms with Crippen LogP contribution in [0.5, 0.6) is 5.75 Å². The summed E-state index contributed by atoms with van der Waals surface area (Å²) in [6.07, 6.45) is 0.0521. The third-order valence-electron chi connectivity index (χ3n) is 3.45. The van der Waals surface area contributed by atoms with Gasteiger partial charge in [0, 0.05) is 11.3 Å². The Labute approximate surface area is 157 Å². The number of hydrogen-bond acceptors (Lipinski definition) is 4. The zero-order chi connectivity index (χ0) is 19.3. The minimum atomic E-state index is -1.04. The van der Waals surface area contributed by atoms with Gasteiger partial charge in [0.15, 0.2) is 5.11 Å². The van der Waals surface area contributed by atoms with Crippen molar-refractivity contribution in [3.8, 4) is 5.75 Å². The lowest BCUT2D eigenvalue weighted by Crippen LogP contribution is -2.34. The van der Waals surface area contributed by atoms with E-state index in [4.69, 9.17) is 22.1 Å². The van der Waals surface area contributed by atoms with Crippen molar-refractivity contribution in [2.24, 2.45) is 0 Å². The molecule has 0 aliphatic rings. The Kier molecular flexibility index (Phi) is 6.30. The average Bonchev–Trinajstić information content (AvgIpc) is 2.56. The van der Waals surface area contributed by atoms with Crippen molar-refractivity contribution >= 4 is 34.9 Å². The maximum atomic E-state index is 12.3. The summed E-state index contributed by atoms with van der Waals surface area (Å²) < 4.78 is 5.53. The Morgan fingerprint density at radius 3 is 2.27 bits per heavy atom. The van der Waals surface area contributed by atoms with Gasteiger partial charge in [-0.05, 0) is 75.0 Å². The summed E-state index contributed by atoms with van der Waals surface area (Å²) >= 11 is 5.15. The SMILES string of the molecule is Cc1ccc(C(=O)O)cc1NC(=S)NC(=O)c1ccc(OC(C)C)cc1. The molecule has 0 aliphatic heterocycles. The summed E-state index contributed by atoms with van der Waals surface area (Å²) in [4.78, 5) is 23.3. The van der Waals surface area contributed by atoms with E-state index in [2.05, 4.69) is 10.6 Å². The van der Waals surface area contributed by atoms with E-state index in [0.717, 1.165) is 5.56 Å². The van der Waals surface area contributed by atoms with Crippen LogP contribution in [0.3, 0.4) is 0 Å². The summed E-state index contributed by atoms with van der Waals surface area (Å²) in [7, 11) is 0. The number of carbonyl (C=O) groups is 2. The lowest BCUT2D eigenvalue weighted by Gasteiger charge is -2.13. The molecule has 0 fully saturated rings. The number of amides is 1. The first-order chi connectivity index (χ1) is 12.3. The summed E-state index contributed by atoms with van der Waals surface area (Å²) in [5.41, 5.74) is 1.90. The molecule has 0 aromatic heterocycles. The van der Waals surface area contributed by atoms with Crippen LogP contribution in [0.15, 0.2) is 42.5 Å². The zero-order valence-corrected chi connectivity index (χ0v) is 15.5. The van der Waals surface area contributed by atoms with Crippen molar-refractivity contribution in [2.45, 2.75) is 26.9 Å². The second-order valence-corrected chi connectivity index (χ2v) is 6.34. The maximum absolute atomic E-state index is 12.3. The number of carboxylic acid groups (broad SMARTS) is 1. The topological polar surface area (TPSA) is 87.7 Å². The second-order valence-electron chi connectivity index (χ2n) is 5.93. The molecule has 0 heterocycles. The Balaban J connectivity index is 2.02. The van der Waals surface area contributed by atoms with Gasteiger partial charge in [0.25, 0.3) is 5.91 Å². The highest BCUT2D eigenvalue weighted by molar-refractivity contribution is 7.80. The highest BCUT2D eigenvalue weighted by atomic mass is 32.1. The summed E-state index contributed by atoms with van der Waals surface area (Å²) in [5.74, 6) is -0.726. The first kappa shape index (κ1) is 19.4. The second kappa shape index (κ2) is 8.44. The average molecular weight is 372 g/mol. The Morgan fingerprint density at radius 2 is 1.69 bits per heavy atom. The van der Waals surface area contributed by atoms with E-state index < -0.39 is 5.97 Å². The Hall–Kier alpha value is -2.93. The van der Waals surface area contributed by atoms with Crippen LogP contribution in [0.4, 0.5) is 5.69 Å². The molecule has 6 nitrogen and oxygen atoms in total. The van der Waals surface area contributed by atoms with Gasteiger partial charge in [-0.3, -0.25) is 10.1 Å². The Bertz CT molecular complexity index is 832. The summed E-state index contributed by atoms with van der Waals surface area (Å²) in [6, 6.07) is 11.4. The van der Waals surface area contributed by atoms with Crippen molar-refractivity contribution in [3.63, 3.8) is 0 Å². The fourth-order valence-electron chi connectivity index (χ4n) is 2.18. The minimum Gasteiger partial charge on any atom is -0.491 e. The van der Waals surface area contributed by atoms with E-state index in [0.29, 0.717) is 17.0 Å². The van der Waals surface area contributed by atoms with E-state index in [1.54, 1.807) is 30.3 Å². The minimum absolute atomic E-state index is 0.0521. The van der Waals surface area contributed by atoms with Gasteiger partial charge in [0.1, 0.15) is 5.75 Å². The van der Waals surface area contributed by atoms with Gasteiger partial charge in [-0.1, -0.05) is 6.07 Å². The number of ether oxygens (including phenoxy) is 1. The molecule has 7 heteroatoms. The van der Waals surface area contributed by atoms with Crippen LogP contribution in [0.25, 0.3) is 0 Å². The molecular formula is C19H20N2O4S. The van der Waals surface area contributed by atoms with E-state index in [9.17, 15) is 9.59 Å². The summed E-state index contributed by atoms with van der Waals surface area (Å²) in [6.45, 7) is 5.66. The molecule has 0 spiro atoms. The van der Waals surface area contributed by atoms with Crippen molar-refractivity contribution in [3.05, 3.63) is 59.2 Å². The lowest BCUT2D eigenvalue weighted by molar-refractivity contribution is 0.0696. The molecule has 0 saturated heterocycles. The molecule has 0 aliphatic carbocycles. The van der Waals surface area contributed by atoms with Gasteiger partial charge in [0.05, 0.1) is 11.7 Å². The summed E-state index contributed by atoms with van der Waals surface area (Å²) in [5, 5.41) is 14.6. The zero-order valence-electron chi connectivity index (χ0n) is 14.7. The van der Waals surface area contributed by atoms with Gasteiger partial charge in [-0.2, -0.15) is 0 Å². The van der Waals surface area contributed by atoms with Crippen molar-refractivity contribution in [1.29, 1.82) is 0 Å². The van der Waals surface area contributed by atoms with Gasteiger partial charge in [0.2, 0.25) is 0 Å². The fraction of sp³-hybridized carbons (Fsp3) is 0.211. The van der Waals surface area contributed by atoms with Gasteiger partial charge < -0.3 is 15.2 Å². The number of thiocarbonyl (C=S) groups is 1. The molecule has 2 aromatic rings. The van der Waals surface area contributed by atoms with E-state index >= 15 is 0 Å². The third kappa shape index (κ3) is 5.29. The number of rotatable bonds is 5. The standard InChI is InChI=1S/C19H20N2O4S/c1-11(2)25-15-8-6-13(7-9-15)17(22)21-19(26)20-16-10-14(18(23)24)5-4-12(16)3/h4-11H,1-3H3,(H,23,24)(H2,20,21,22,26). The number of hydrogen-bond donors (Lipinski definition) is 3. The molecule has 2 aromatic carbocycles. The normalized spacial score (nSPS) is 10.3. The number of aryl methyl sites for hydroxylation is 1. The van der Waals surface area contributed by atoms with Crippen LogP contribution >= 0.6 is 12.2 Å². The van der Waals surface area contributed by atoms with Crippen LogP contribution in [0.1, 0.15) is 40.1 Å². The van der Waals surface area contributed by atoms with E-state index in [1.165, 1.54) is 12.1 Å². The van der Waals surface area contributed by atoms with E-state index in [-0.39, 0.29) is 22.7 Å². The van der Waals surface area contributed by atoms with Crippen LogP contribution in [-0.2, 0) is 0 Å². The van der Waals surface area contributed by atoms with E-state index in [1.807, 2.05) is 20.8 Å². The van der Waals surface area contributed by atoms with Gasteiger partial charge in [-0.15, -0.1) is 0 Å². The molecule has 1 amide bonds. The van der Waals surface area contributed by atoms with Crippen molar-refractivity contribution < 1.29 is 19.4 Å². The maximum Gasteiger partial charge on any atom is 0.335 e. The van der Waals surface area contributed by atoms with Crippen molar-refractivity contribution in [1.82, 2.24) is 5.32 Å². The molecular weight excluding hydrogens is 352 g/mol. The van der Waals surface area contributed by atoms with Crippen LogP contribution in [-0.4, -0.2) is 28.2 Å². The fourth-order valence-corrected chi connectivity index (χ4v) is 2.38. The highest BCUT2D eigenvalue weighted by Crippen LogP contribution is 2.17. The number of aromatic carboxylic acids is 1. The number of nitrogens with one attached hydrogen (secondary N) is 2. The largest absolute Gasteiger partial charge is 0.491 e. The van der Waals surface area contributed by atoms with Crippen molar-refractivity contribution in [2.75, 3.05) is 5.32 Å². The molecule has 0 saturated carbocycles. The molecule has 26 heavy (non-hydrogen) atoms. The molecule has 0 atom stereocenters. The lowest BCUT2D eigenvalue weighted by atomic mass is 10.1. The van der Waals surface area contributed by atoms with Gasteiger partial charge >= 0.3 is 5.97 Å². The van der Waals surface area contributed by atoms with Gasteiger partial charge in [-0.25, -0.2) is 4.79 Å². The molecule has 0 radical (unpaired) electrons. The number of carbonyl (C=O) groups excluding carboxylic acids is 1. The molecule has 3 N–H and O–H groups in total. The first-order valence-corrected chi connectivity index (χ1v) is 8.40. The molecule has 0 unspecified atom stereocenters. The van der Waals surface area contributed by atoms with Crippen LogP contribution in [0, 0.1) is 6.92 Å². The smallest absolute Gasteiger partial charge is 0.335 e. The number of anilines is 1. The predicted octanol–water partition coefficient (Wildman–Crippen LogP) is 3.61. The third-order valence-corrected chi connectivity index (χ3v) is 3.65. The Morgan fingerprint density at radius 1 is 1.08 bits per heavy atom. The van der Waals surface area contributed by atoms with Crippen LogP contribution in [0.2, 0.25) is 0 Å². The first-order valence-electron chi connectivity index (χ1n) is 7.99. The number of benzene rings is 2. The van der Waals surface area contributed by atoms with Crippen LogP contribution < -0.4 is 15.4 Å². The number of carboxylic acids is 1. The predicted molar refractivity (Wildman–Crippen MR) is 104 cm³/mol. The monoisotopic (exact) mass is 372 g/mol. The highest BCUT2D eigenvalue weighted by Gasteiger charge is 2.11. The molecule has 0 bridgehead atoms. The quantitative estimate of drug-likeness (QED) is 0.695. The molecule has 136 valence electrons.